The summed E-state index contributed by atoms with van der Waals surface area (Å²) in [5.41, 5.74) is 2.46. The zero-order valence-corrected chi connectivity index (χ0v) is 10.0. The zero-order chi connectivity index (χ0) is 13.7. The lowest BCUT2D eigenvalue weighted by Gasteiger charge is -2.03. The molecule has 0 aliphatic heterocycles. The van der Waals surface area contributed by atoms with Crippen molar-refractivity contribution in [3.63, 3.8) is 0 Å². The van der Waals surface area contributed by atoms with Crippen LogP contribution in [0.2, 0.25) is 0 Å². The molecule has 0 saturated heterocycles. The van der Waals surface area contributed by atoms with E-state index in [4.69, 9.17) is 10.5 Å². The number of nitrogens with zero attached hydrogens (tertiary/aromatic N) is 5. The molecule has 0 amide bonds. The summed E-state index contributed by atoms with van der Waals surface area (Å²) in [6.07, 6.45) is 1.47. The first kappa shape index (κ1) is 12.3. The van der Waals surface area contributed by atoms with Gasteiger partial charge in [-0.2, -0.15) is 15.7 Å². The highest BCUT2D eigenvalue weighted by Crippen LogP contribution is 2.15. The van der Waals surface area contributed by atoms with Crippen LogP contribution < -0.4 is 5.32 Å². The van der Waals surface area contributed by atoms with Crippen LogP contribution in [-0.4, -0.2) is 20.6 Å². The topological polar surface area (TPSA) is 114 Å². The molecule has 0 bridgehead atoms. The molecule has 92 valence electrons. The van der Waals surface area contributed by atoms with E-state index >= 15 is 0 Å². The molecule has 2 N–H and O–H groups in total. The summed E-state index contributed by atoms with van der Waals surface area (Å²) in [6.45, 7) is 1.89. The van der Waals surface area contributed by atoms with Gasteiger partial charge in [-0.05, 0) is 35.9 Å². The Kier molecular flexibility index (Phi) is 3.51. The normalized spacial score (nSPS) is 10.6. The number of aromatic amines is 1. The summed E-state index contributed by atoms with van der Waals surface area (Å²) in [5, 5.41) is 33.9. The lowest BCUT2D eigenvalue weighted by Crippen LogP contribution is -1.94. The number of allylic oxidation sites excluding steroid dienone is 1. The lowest BCUT2D eigenvalue weighted by molar-refractivity contribution is 0.881. The summed E-state index contributed by atoms with van der Waals surface area (Å²) in [7, 11) is 0. The van der Waals surface area contributed by atoms with Gasteiger partial charge < -0.3 is 5.32 Å². The Balaban J connectivity index is 2.25. The van der Waals surface area contributed by atoms with Crippen LogP contribution in [0.5, 0.6) is 0 Å². The maximum absolute atomic E-state index is 9.00. The average molecular weight is 251 g/mol. The van der Waals surface area contributed by atoms with Crippen molar-refractivity contribution in [3.05, 3.63) is 41.4 Å². The van der Waals surface area contributed by atoms with Crippen LogP contribution in [0.3, 0.4) is 0 Å². The van der Waals surface area contributed by atoms with Crippen LogP contribution in [0.25, 0.3) is 5.57 Å². The highest BCUT2D eigenvalue weighted by Gasteiger charge is 2.05. The van der Waals surface area contributed by atoms with Crippen molar-refractivity contribution >= 4 is 11.3 Å². The van der Waals surface area contributed by atoms with Gasteiger partial charge in [0.05, 0.1) is 11.6 Å². The molecule has 0 atom stereocenters. The molecule has 0 radical (unpaired) electrons. The Morgan fingerprint density at radius 1 is 1.37 bits per heavy atom. The number of nitriles is 2. The van der Waals surface area contributed by atoms with Gasteiger partial charge in [0.15, 0.2) is 0 Å². The van der Waals surface area contributed by atoms with E-state index < -0.39 is 0 Å². The minimum atomic E-state index is 0.211. The average Bonchev–Trinajstić information content (AvgIpc) is 2.93. The largest absolute Gasteiger partial charge is 0.360 e. The van der Waals surface area contributed by atoms with E-state index in [1.807, 2.05) is 19.1 Å². The standard InChI is InChI=1S/C12H9N7/c1-8-2-9(5-13)4-11(3-8)15-7-10(6-14)12-16-18-19-17-12/h2-4,7,15H,1H3,(H,16,17,18,19). The van der Waals surface area contributed by atoms with Crippen LogP contribution in [0.1, 0.15) is 17.0 Å². The Morgan fingerprint density at radius 3 is 2.84 bits per heavy atom. The maximum Gasteiger partial charge on any atom is 0.216 e. The molecule has 0 aliphatic carbocycles. The third-order valence-electron chi connectivity index (χ3n) is 2.30. The third kappa shape index (κ3) is 2.93. The molecule has 7 heteroatoms. The fourth-order valence-corrected chi connectivity index (χ4v) is 1.51. The van der Waals surface area contributed by atoms with E-state index in [9.17, 15) is 0 Å². The van der Waals surface area contributed by atoms with E-state index in [2.05, 4.69) is 32.0 Å². The van der Waals surface area contributed by atoms with Crippen molar-refractivity contribution in [1.29, 1.82) is 10.5 Å². The van der Waals surface area contributed by atoms with E-state index in [1.165, 1.54) is 6.20 Å². The fourth-order valence-electron chi connectivity index (χ4n) is 1.51. The van der Waals surface area contributed by atoms with Gasteiger partial charge >= 0.3 is 0 Å². The molecule has 0 spiro atoms. The van der Waals surface area contributed by atoms with Crippen molar-refractivity contribution in [3.8, 4) is 12.1 Å². The van der Waals surface area contributed by atoms with Gasteiger partial charge in [0.1, 0.15) is 11.6 Å². The predicted octanol–water partition coefficient (Wildman–Crippen LogP) is 1.36. The molecule has 0 aliphatic rings. The molecule has 7 nitrogen and oxygen atoms in total. The third-order valence-corrected chi connectivity index (χ3v) is 2.30. The van der Waals surface area contributed by atoms with Crippen molar-refractivity contribution in [2.75, 3.05) is 5.32 Å². The summed E-state index contributed by atoms with van der Waals surface area (Å²) >= 11 is 0. The van der Waals surface area contributed by atoms with Crippen LogP contribution >= 0.6 is 0 Å². The predicted molar refractivity (Wildman–Crippen MR) is 67.3 cm³/mol. The summed E-state index contributed by atoms with van der Waals surface area (Å²) in [6, 6.07) is 9.37. The lowest BCUT2D eigenvalue weighted by atomic mass is 10.1. The molecule has 1 aromatic carbocycles. The Bertz CT molecular complexity index is 686. The smallest absolute Gasteiger partial charge is 0.216 e. The Hall–Kier alpha value is -3.19. The van der Waals surface area contributed by atoms with Gasteiger partial charge in [-0.15, -0.1) is 10.2 Å². The first-order chi connectivity index (χ1) is 9.22. The summed E-state index contributed by atoms with van der Waals surface area (Å²) < 4.78 is 0. The molecule has 2 aromatic rings. The van der Waals surface area contributed by atoms with E-state index in [0.29, 0.717) is 11.3 Å². The molecular formula is C12H9N7. The van der Waals surface area contributed by atoms with Crippen LogP contribution in [0.15, 0.2) is 24.4 Å². The number of tetrazole rings is 1. The quantitative estimate of drug-likeness (QED) is 0.796. The number of H-pyrrole nitrogens is 1. The van der Waals surface area contributed by atoms with Gasteiger partial charge in [0.2, 0.25) is 5.82 Å². The highest BCUT2D eigenvalue weighted by molar-refractivity contribution is 5.74. The maximum atomic E-state index is 9.00. The zero-order valence-electron chi connectivity index (χ0n) is 10.0. The second-order valence-corrected chi connectivity index (χ2v) is 3.75. The van der Waals surface area contributed by atoms with Crippen molar-refractivity contribution in [2.45, 2.75) is 6.92 Å². The molecule has 1 aromatic heterocycles. The van der Waals surface area contributed by atoms with Gasteiger partial charge in [-0.1, -0.05) is 0 Å². The first-order valence-corrected chi connectivity index (χ1v) is 5.35. The molecule has 0 saturated carbocycles. The van der Waals surface area contributed by atoms with Gasteiger partial charge in [0.25, 0.3) is 0 Å². The number of nitrogens with one attached hydrogen (secondary N) is 2. The van der Waals surface area contributed by atoms with E-state index in [0.717, 1.165) is 5.56 Å². The Morgan fingerprint density at radius 2 is 2.21 bits per heavy atom. The fraction of sp³-hybridized carbons (Fsp3) is 0.0833. The second-order valence-electron chi connectivity index (χ2n) is 3.75. The SMILES string of the molecule is Cc1cc(C#N)cc(NC=C(C#N)c2nn[nH]n2)c1. The summed E-state index contributed by atoms with van der Waals surface area (Å²) in [5.74, 6) is 0.211. The molecule has 1 heterocycles. The molecular weight excluding hydrogens is 242 g/mol. The number of benzene rings is 1. The van der Waals surface area contributed by atoms with E-state index in [-0.39, 0.29) is 11.4 Å². The minimum Gasteiger partial charge on any atom is -0.360 e. The molecule has 19 heavy (non-hydrogen) atoms. The van der Waals surface area contributed by atoms with Crippen molar-refractivity contribution in [2.24, 2.45) is 0 Å². The highest BCUT2D eigenvalue weighted by atomic mass is 15.5. The van der Waals surface area contributed by atoms with Gasteiger partial charge in [-0.25, -0.2) is 0 Å². The monoisotopic (exact) mass is 251 g/mol. The number of rotatable bonds is 3. The van der Waals surface area contributed by atoms with E-state index in [1.54, 1.807) is 12.1 Å². The Labute approximate surface area is 109 Å². The number of hydrogen-bond donors (Lipinski definition) is 2. The van der Waals surface area contributed by atoms with Crippen LogP contribution in [-0.2, 0) is 0 Å². The summed E-state index contributed by atoms with van der Waals surface area (Å²) in [4.78, 5) is 0. The number of anilines is 1. The number of aromatic nitrogens is 4. The van der Waals surface area contributed by atoms with Gasteiger partial charge in [-0.3, -0.25) is 0 Å². The molecule has 2 rings (SSSR count). The number of hydrogen-bond acceptors (Lipinski definition) is 6. The van der Waals surface area contributed by atoms with Crippen LogP contribution in [0, 0.1) is 29.6 Å². The minimum absolute atomic E-state index is 0.211. The molecule has 0 unspecified atom stereocenters. The van der Waals surface area contributed by atoms with Crippen molar-refractivity contribution < 1.29 is 0 Å². The first-order valence-electron chi connectivity index (χ1n) is 5.35. The van der Waals surface area contributed by atoms with Gasteiger partial charge in [0, 0.05) is 11.9 Å². The molecule has 0 fully saturated rings. The van der Waals surface area contributed by atoms with Crippen molar-refractivity contribution in [1.82, 2.24) is 20.6 Å². The number of aryl methyl sites for hydroxylation is 1. The second kappa shape index (κ2) is 5.43. The van der Waals surface area contributed by atoms with Crippen LogP contribution in [0.4, 0.5) is 5.69 Å².